The van der Waals surface area contributed by atoms with E-state index in [0.29, 0.717) is 5.75 Å². The van der Waals surface area contributed by atoms with Crippen LogP contribution in [-0.2, 0) is 19.1 Å². The molecule has 3 rings (SSSR count). The summed E-state index contributed by atoms with van der Waals surface area (Å²) in [6, 6.07) is 14.9. The standard InChI is InChI=1S/C24H27N3O6S/c1-34-11-10-20(23(30)31)27-22(29)13-25-21(28)12-26-24(32)33-14-19-17-8-4-2-6-15(17)16-7-3-5-9-18(16)19/h2-9,19-20H,10-14H2,1H3,(H,25,28)(H,26,32)(H,27,29)(H,30,31)/t20-/m1/s1. The Hall–Kier alpha value is -3.53. The summed E-state index contributed by atoms with van der Waals surface area (Å²) in [6.45, 7) is -0.649. The predicted molar refractivity (Wildman–Crippen MR) is 129 cm³/mol. The molecule has 0 unspecified atom stereocenters. The van der Waals surface area contributed by atoms with E-state index in [4.69, 9.17) is 9.84 Å². The first-order valence-electron chi connectivity index (χ1n) is 10.8. The van der Waals surface area contributed by atoms with Crippen LogP contribution in [0.5, 0.6) is 0 Å². The molecule has 4 N–H and O–H groups in total. The number of nitrogens with one attached hydrogen (secondary N) is 3. The summed E-state index contributed by atoms with van der Waals surface area (Å²) in [6.07, 6.45) is 1.37. The molecule has 0 spiro atoms. The lowest BCUT2D eigenvalue weighted by atomic mass is 9.98. The van der Waals surface area contributed by atoms with Gasteiger partial charge in [0.15, 0.2) is 0 Å². The number of alkyl carbamates (subject to hydrolysis) is 1. The highest BCUT2D eigenvalue weighted by molar-refractivity contribution is 7.98. The Labute approximate surface area is 201 Å². The predicted octanol–water partition coefficient (Wildman–Crippen LogP) is 1.96. The third-order valence-electron chi connectivity index (χ3n) is 5.43. The fourth-order valence-electron chi connectivity index (χ4n) is 3.78. The van der Waals surface area contributed by atoms with E-state index in [-0.39, 0.29) is 25.5 Å². The number of fused-ring (bicyclic) bond motifs is 3. The molecule has 180 valence electrons. The Morgan fingerprint density at radius 2 is 1.53 bits per heavy atom. The number of carboxylic acid groups (broad SMARTS) is 1. The zero-order valence-corrected chi connectivity index (χ0v) is 19.5. The summed E-state index contributed by atoms with van der Waals surface area (Å²) in [7, 11) is 0. The van der Waals surface area contributed by atoms with Gasteiger partial charge in [0.2, 0.25) is 11.8 Å². The van der Waals surface area contributed by atoms with E-state index in [1.54, 1.807) is 0 Å². The van der Waals surface area contributed by atoms with Crippen molar-refractivity contribution in [3.8, 4) is 11.1 Å². The molecule has 0 aliphatic heterocycles. The van der Waals surface area contributed by atoms with Crippen molar-refractivity contribution < 1.29 is 29.0 Å². The van der Waals surface area contributed by atoms with E-state index in [0.717, 1.165) is 22.3 Å². The summed E-state index contributed by atoms with van der Waals surface area (Å²) in [5.41, 5.74) is 4.39. The summed E-state index contributed by atoms with van der Waals surface area (Å²) < 4.78 is 5.36. The Morgan fingerprint density at radius 1 is 0.941 bits per heavy atom. The number of benzene rings is 2. The Bertz CT molecular complexity index is 1020. The number of ether oxygens (including phenoxy) is 1. The van der Waals surface area contributed by atoms with E-state index in [2.05, 4.69) is 16.0 Å². The van der Waals surface area contributed by atoms with E-state index in [1.807, 2.05) is 54.8 Å². The van der Waals surface area contributed by atoms with Crippen molar-refractivity contribution >= 4 is 35.6 Å². The number of thioether (sulfide) groups is 1. The number of carbonyl (C=O) groups excluding carboxylic acids is 3. The number of hydrogen-bond acceptors (Lipinski definition) is 6. The van der Waals surface area contributed by atoms with Gasteiger partial charge < -0.3 is 25.8 Å². The summed E-state index contributed by atoms with van der Waals surface area (Å²) >= 11 is 1.47. The SMILES string of the molecule is CSCC[C@@H](NC(=O)CNC(=O)CNC(=O)OCC1c2ccccc2-c2ccccc21)C(=O)O. The quantitative estimate of drug-likeness (QED) is 0.382. The molecule has 0 bridgehead atoms. The maximum atomic E-state index is 12.1. The van der Waals surface area contributed by atoms with Crippen molar-refractivity contribution in [2.24, 2.45) is 0 Å². The molecule has 0 heterocycles. The van der Waals surface area contributed by atoms with Gasteiger partial charge in [-0.15, -0.1) is 0 Å². The van der Waals surface area contributed by atoms with Gasteiger partial charge in [0.1, 0.15) is 19.2 Å². The van der Waals surface area contributed by atoms with Crippen LogP contribution in [0.15, 0.2) is 48.5 Å². The second-order valence-corrected chi connectivity index (χ2v) is 8.68. The lowest BCUT2D eigenvalue weighted by molar-refractivity contribution is -0.141. The summed E-state index contributed by atoms with van der Waals surface area (Å²) in [5.74, 6) is -1.87. The van der Waals surface area contributed by atoms with Crippen LogP contribution in [0.2, 0.25) is 0 Å². The lowest BCUT2D eigenvalue weighted by Crippen LogP contribution is -2.47. The van der Waals surface area contributed by atoms with Gasteiger partial charge in [0, 0.05) is 5.92 Å². The molecule has 2 aromatic carbocycles. The Morgan fingerprint density at radius 3 is 2.12 bits per heavy atom. The number of carboxylic acids is 1. The molecule has 10 heteroatoms. The Kier molecular flexibility index (Phi) is 8.92. The fraction of sp³-hybridized carbons (Fsp3) is 0.333. The van der Waals surface area contributed by atoms with Gasteiger partial charge in [-0.3, -0.25) is 9.59 Å². The average Bonchev–Trinajstić information content (AvgIpc) is 3.16. The van der Waals surface area contributed by atoms with Crippen molar-refractivity contribution in [2.45, 2.75) is 18.4 Å². The highest BCUT2D eigenvalue weighted by atomic mass is 32.2. The van der Waals surface area contributed by atoms with Crippen molar-refractivity contribution in [1.82, 2.24) is 16.0 Å². The number of rotatable bonds is 11. The van der Waals surface area contributed by atoms with Crippen LogP contribution in [0, 0.1) is 0 Å². The first kappa shape index (κ1) is 25.1. The van der Waals surface area contributed by atoms with E-state index in [9.17, 15) is 19.2 Å². The van der Waals surface area contributed by atoms with Crippen LogP contribution in [0.1, 0.15) is 23.5 Å². The molecule has 0 radical (unpaired) electrons. The monoisotopic (exact) mass is 485 g/mol. The fourth-order valence-corrected chi connectivity index (χ4v) is 4.25. The molecule has 1 atom stereocenters. The van der Waals surface area contributed by atoms with Crippen molar-refractivity contribution in [2.75, 3.05) is 31.7 Å². The van der Waals surface area contributed by atoms with Crippen molar-refractivity contribution in [1.29, 1.82) is 0 Å². The van der Waals surface area contributed by atoms with E-state index in [1.165, 1.54) is 11.8 Å². The van der Waals surface area contributed by atoms with Crippen LogP contribution in [0.4, 0.5) is 4.79 Å². The highest BCUT2D eigenvalue weighted by Crippen LogP contribution is 2.44. The van der Waals surface area contributed by atoms with Gasteiger partial charge in [-0.25, -0.2) is 9.59 Å². The van der Waals surface area contributed by atoms with Crippen LogP contribution >= 0.6 is 11.8 Å². The average molecular weight is 486 g/mol. The number of carbonyl (C=O) groups is 4. The molecular formula is C24H27N3O6S. The van der Waals surface area contributed by atoms with Gasteiger partial charge in [-0.05, 0) is 40.7 Å². The molecule has 34 heavy (non-hydrogen) atoms. The number of hydrogen-bond donors (Lipinski definition) is 4. The molecule has 3 amide bonds. The summed E-state index contributed by atoms with van der Waals surface area (Å²) in [5, 5.41) is 16.2. The molecule has 0 aromatic heterocycles. The first-order chi connectivity index (χ1) is 16.4. The van der Waals surface area contributed by atoms with Gasteiger partial charge >= 0.3 is 12.1 Å². The molecule has 1 aliphatic carbocycles. The van der Waals surface area contributed by atoms with E-state index < -0.39 is 36.5 Å². The lowest BCUT2D eigenvalue weighted by Gasteiger charge is -2.15. The van der Waals surface area contributed by atoms with Crippen LogP contribution in [0.3, 0.4) is 0 Å². The zero-order valence-electron chi connectivity index (χ0n) is 18.7. The molecule has 9 nitrogen and oxygen atoms in total. The highest BCUT2D eigenvalue weighted by Gasteiger charge is 2.29. The largest absolute Gasteiger partial charge is 0.480 e. The Balaban J connectivity index is 1.41. The third-order valence-corrected chi connectivity index (χ3v) is 6.07. The van der Waals surface area contributed by atoms with Crippen LogP contribution < -0.4 is 16.0 Å². The number of amides is 3. The molecule has 0 saturated carbocycles. The van der Waals surface area contributed by atoms with Gasteiger partial charge in [0.25, 0.3) is 0 Å². The normalized spacial score (nSPS) is 12.7. The van der Waals surface area contributed by atoms with Crippen molar-refractivity contribution in [3.05, 3.63) is 59.7 Å². The minimum atomic E-state index is -1.13. The molecule has 1 aliphatic rings. The number of aliphatic carboxylic acids is 1. The molecule has 2 aromatic rings. The second-order valence-electron chi connectivity index (χ2n) is 7.70. The maximum absolute atomic E-state index is 12.1. The zero-order chi connectivity index (χ0) is 24.5. The third kappa shape index (κ3) is 6.50. The minimum Gasteiger partial charge on any atom is -0.480 e. The van der Waals surface area contributed by atoms with Crippen molar-refractivity contribution in [3.63, 3.8) is 0 Å². The van der Waals surface area contributed by atoms with Crippen LogP contribution in [0.25, 0.3) is 11.1 Å². The maximum Gasteiger partial charge on any atom is 0.407 e. The molecule has 0 saturated heterocycles. The van der Waals surface area contributed by atoms with Crippen LogP contribution in [-0.4, -0.2) is 66.7 Å². The summed E-state index contributed by atoms with van der Waals surface area (Å²) in [4.78, 5) is 47.2. The first-order valence-corrected chi connectivity index (χ1v) is 12.2. The van der Waals surface area contributed by atoms with Gasteiger partial charge in [-0.1, -0.05) is 48.5 Å². The second kappa shape index (κ2) is 12.1. The molecule has 0 fully saturated rings. The van der Waals surface area contributed by atoms with Gasteiger partial charge in [-0.2, -0.15) is 11.8 Å². The van der Waals surface area contributed by atoms with Gasteiger partial charge in [0.05, 0.1) is 6.54 Å². The van der Waals surface area contributed by atoms with E-state index >= 15 is 0 Å². The minimum absolute atomic E-state index is 0.0936. The smallest absolute Gasteiger partial charge is 0.407 e. The molecular weight excluding hydrogens is 458 g/mol. The topological polar surface area (TPSA) is 134 Å².